The van der Waals surface area contributed by atoms with Gasteiger partial charge in [0.2, 0.25) is 0 Å². The summed E-state index contributed by atoms with van der Waals surface area (Å²) in [5.41, 5.74) is 1.02. The van der Waals surface area contributed by atoms with Crippen LogP contribution in [0.2, 0.25) is 0 Å². The van der Waals surface area contributed by atoms with Crippen molar-refractivity contribution < 1.29 is 9.18 Å². The van der Waals surface area contributed by atoms with Crippen molar-refractivity contribution in [1.82, 2.24) is 10.6 Å². The summed E-state index contributed by atoms with van der Waals surface area (Å²) < 4.78 is 13.1. The molecule has 0 saturated carbocycles. The molecule has 1 aromatic rings. The minimum absolute atomic E-state index is 0.129. The zero-order valence-corrected chi connectivity index (χ0v) is 10.6. The molecule has 2 rings (SSSR count). The van der Waals surface area contributed by atoms with E-state index in [1.807, 2.05) is 0 Å². The Labute approximate surface area is 107 Å². The van der Waals surface area contributed by atoms with Crippen molar-refractivity contribution in [2.24, 2.45) is 0 Å². The minimum Gasteiger partial charge on any atom is -0.352 e. The maximum absolute atomic E-state index is 13.1. The molecule has 0 unspecified atom stereocenters. The summed E-state index contributed by atoms with van der Waals surface area (Å²) in [4.78, 5) is 11.8. The smallest absolute Gasteiger partial charge is 0.251 e. The van der Waals surface area contributed by atoms with Gasteiger partial charge in [0.15, 0.2) is 0 Å². The summed E-state index contributed by atoms with van der Waals surface area (Å²) in [6, 6.07) is 4.97. The monoisotopic (exact) mass is 250 g/mol. The summed E-state index contributed by atoms with van der Waals surface area (Å²) in [6.45, 7) is 3.40. The molecule has 4 heteroatoms. The molecule has 1 saturated heterocycles. The van der Waals surface area contributed by atoms with Crippen LogP contribution in [-0.4, -0.2) is 25.0 Å². The van der Waals surface area contributed by atoms with Crippen molar-refractivity contribution in [3.05, 3.63) is 35.1 Å². The van der Waals surface area contributed by atoms with Crippen LogP contribution < -0.4 is 10.6 Å². The molecule has 0 aromatic heterocycles. The van der Waals surface area contributed by atoms with Crippen molar-refractivity contribution in [3.8, 4) is 0 Å². The van der Waals surface area contributed by atoms with Gasteiger partial charge in [-0.1, -0.05) is 0 Å². The van der Waals surface area contributed by atoms with E-state index in [9.17, 15) is 9.18 Å². The molecular formula is C14H19FN2O. The van der Waals surface area contributed by atoms with Crippen molar-refractivity contribution in [1.29, 1.82) is 0 Å². The van der Waals surface area contributed by atoms with Gasteiger partial charge >= 0.3 is 0 Å². The van der Waals surface area contributed by atoms with Gasteiger partial charge in [-0.15, -0.1) is 0 Å². The van der Waals surface area contributed by atoms with Crippen LogP contribution in [0, 0.1) is 12.7 Å². The number of aryl methyl sites for hydroxylation is 1. The van der Waals surface area contributed by atoms with Gasteiger partial charge in [-0.2, -0.15) is 0 Å². The van der Waals surface area contributed by atoms with Crippen molar-refractivity contribution in [3.63, 3.8) is 0 Å². The van der Waals surface area contributed by atoms with Gasteiger partial charge in [0.25, 0.3) is 5.91 Å². The SMILES string of the molecule is Cc1cc(C(=O)NCC[C@@H]2CCCN2)ccc1F. The summed E-state index contributed by atoms with van der Waals surface area (Å²) in [5, 5.41) is 6.26. The standard InChI is InChI=1S/C14H19FN2O/c1-10-9-11(4-5-13(10)15)14(18)17-8-6-12-3-2-7-16-12/h4-5,9,12,16H,2-3,6-8H2,1H3,(H,17,18)/t12-/m0/s1. The Kier molecular flexibility index (Phi) is 4.31. The Balaban J connectivity index is 1.81. The van der Waals surface area contributed by atoms with E-state index in [0.717, 1.165) is 13.0 Å². The van der Waals surface area contributed by atoms with Crippen molar-refractivity contribution >= 4 is 5.91 Å². The number of halogens is 1. The number of amides is 1. The third kappa shape index (κ3) is 3.29. The molecule has 1 fully saturated rings. The summed E-state index contributed by atoms with van der Waals surface area (Å²) in [6.07, 6.45) is 3.35. The predicted molar refractivity (Wildman–Crippen MR) is 69.1 cm³/mol. The molecule has 1 aliphatic rings. The molecule has 1 aromatic carbocycles. The molecule has 0 aliphatic carbocycles. The van der Waals surface area contributed by atoms with Gasteiger partial charge in [0.1, 0.15) is 5.82 Å². The number of nitrogens with one attached hydrogen (secondary N) is 2. The van der Waals surface area contributed by atoms with Crippen LogP contribution in [0.25, 0.3) is 0 Å². The van der Waals surface area contributed by atoms with E-state index < -0.39 is 0 Å². The fourth-order valence-corrected chi connectivity index (χ4v) is 2.25. The second-order valence-electron chi connectivity index (χ2n) is 4.80. The highest BCUT2D eigenvalue weighted by molar-refractivity contribution is 5.94. The van der Waals surface area contributed by atoms with Gasteiger partial charge in [-0.25, -0.2) is 4.39 Å². The maximum atomic E-state index is 13.1. The molecule has 98 valence electrons. The summed E-state index contributed by atoms with van der Waals surface area (Å²) >= 11 is 0. The number of rotatable bonds is 4. The largest absolute Gasteiger partial charge is 0.352 e. The Bertz CT molecular complexity index is 428. The molecule has 1 amide bonds. The van der Waals surface area contributed by atoms with Crippen LogP contribution in [0.3, 0.4) is 0 Å². The van der Waals surface area contributed by atoms with E-state index >= 15 is 0 Å². The molecule has 0 radical (unpaired) electrons. The second kappa shape index (κ2) is 5.96. The van der Waals surface area contributed by atoms with E-state index in [2.05, 4.69) is 10.6 Å². The first-order chi connectivity index (χ1) is 8.66. The average molecular weight is 250 g/mol. The Hall–Kier alpha value is -1.42. The minimum atomic E-state index is -0.276. The number of hydrogen-bond donors (Lipinski definition) is 2. The third-order valence-electron chi connectivity index (χ3n) is 3.36. The van der Waals surface area contributed by atoms with Crippen LogP contribution in [0.1, 0.15) is 35.2 Å². The van der Waals surface area contributed by atoms with E-state index in [0.29, 0.717) is 23.7 Å². The normalized spacial score (nSPS) is 18.9. The van der Waals surface area contributed by atoms with E-state index in [1.54, 1.807) is 13.0 Å². The van der Waals surface area contributed by atoms with Gasteiger partial charge in [0.05, 0.1) is 0 Å². The highest BCUT2D eigenvalue weighted by Crippen LogP contribution is 2.10. The average Bonchev–Trinajstić information content (AvgIpc) is 2.85. The van der Waals surface area contributed by atoms with E-state index in [-0.39, 0.29) is 11.7 Å². The van der Waals surface area contributed by atoms with Crippen LogP contribution >= 0.6 is 0 Å². The lowest BCUT2D eigenvalue weighted by Crippen LogP contribution is -2.30. The highest BCUT2D eigenvalue weighted by atomic mass is 19.1. The summed E-state index contributed by atoms with van der Waals surface area (Å²) in [5.74, 6) is -0.405. The Morgan fingerprint density at radius 3 is 3.06 bits per heavy atom. The molecule has 0 spiro atoms. The lowest BCUT2D eigenvalue weighted by atomic mass is 10.1. The van der Waals surface area contributed by atoms with Crippen LogP contribution in [-0.2, 0) is 0 Å². The summed E-state index contributed by atoms with van der Waals surface area (Å²) in [7, 11) is 0. The number of hydrogen-bond acceptors (Lipinski definition) is 2. The molecule has 3 nitrogen and oxygen atoms in total. The number of carbonyl (C=O) groups is 1. The molecule has 1 heterocycles. The van der Waals surface area contributed by atoms with Gasteiger partial charge in [-0.3, -0.25) is 4.79 Å². The fraction of sp³-hybridized carbons (Fsp3) is 0.500. The zero-order valence-electron chi connectivity index (χ0n) is 10.6. The van der Waals surface area contributed by atoms with Gasteiger partial charge < -0.3 is 10.6 Å². The molecule has 18 heavy (non-hydrogen) atoms. The van der Waals surface area contributed by atoms with Crippen molar-refractivity contribution in [2.75, 3.05) is 13.1 Å². The third-order valence-corrected chi connectivity index (χ3v) is 3.36. The first-order valence-corrected chi connectivity index (χ1v) is 6.44. The maximum Gasteiger partial charge on any atom is 0.251 e. The van der Waals surface area contributed by atoms with Crippen molar-refractivity contribution in [2.45, 2.75) is 32.2 Å². The number of benzene rings is 1. The molecule has 2 N–H and O–H groups in total. The lowest BCUT2D eigenvalue weighted by Gasteiger charge is -2.11. The lowest BCUT2D eigenvalue weighted by molar-refractivity contribution is 0.0952. The Morgan fingerprint density at radius 2 is 2.39 bits per heavy atom. The van der Waals surface area contributed by atoms with E-state index in [1.165, 1.54) is 25.0 Å². The first-order valence-electron chi connectivity index (χ1n) is 6.44. The van der Waals surface area contributed by atoms with Crippen LogP contribution in [0.4, 0.5) is 4.39 Å². The quantitative estimate of drug-likeness (QED) is 0.858. The molecule has 1 aliphatic heterocycles. The highest BCUT2D eigenvalue weighted by Gasteiger charge is 2.14. The molecule has 1 atom stereocenters. The first kappa shape index (κ1) is 13.0. The molecule has 0 bridgehead atoms. The topological polar surface area (TPSA) is 41.1 Å². The zero-order chi connectivity index (χ0) is 13.0. The van der Waals surface area contributed by atoms with Gasteiger partial charge in [0, 0.05) is 18.2 Å². The predicted octanol–water partition coefficient (Wildman–Crippen LogP) is 2.01. The van der Waals surface area contributed by atoms with Crippen LogP contribution in [0.5, 0.6) is 0 Å². The van der Waals surface area contributed by atoms with Gasteiger partial charge in [-0.05, 0) is 56.5 Å². The molecular weight excluding hydrogens is 231 g/mol. The second-order valence-corrected chi connectivity index (χ2v) is 4.80. The van der Waals surface area contributed by atoms with E-state index in [4.69, 9.17) is 0 Å². The Morgan fingerprint density at radius 1 is 1.56 bits per heavy atom. The number of carbonyl (C=O) groups excluding carboxylic acids is 1. The van der Waals surface area contributed by atoms with Crippen LogP contribution in [0.15, 0.2) is 18.2 Å². The fourth-order valence-electron chi connectivity index (χ4n) is 2.25.